The molecule has 1 aromatic heterocycles. The lowest BCUT2D eigenvalue weighted by Crippen LogP contribution is -2.10. The summed E-state index contributed by atoms with van der Waals surface area (Å²) in [6.45, 7) is 3.74. The monoisotopic (exact) mass is 349 g/mol. The Morgan fingerprint density at radius 2 is 1.77 bits per heavy atom. The maximum Gasteiger partial charge on any atom is 0.163 e. The van der Waals surface area contributed by atoms with E-state index in [-0.39, 0.29) is 24.8 Å². The predicted octanol–water partition coefficient (Wildman–Crippen LogP) is 3.20. The Bertz CT molecular complexity index is 588. The van der Waals surface area contributed by atoms with Crippen LogP contribution in [0, 0.1) is 0 Å². The molecule has 0 unspecified atom stereocenters. The average Bonchev–Trinajstić information content (AvgIpc) is 2.80. The molecule has 0 atom stereocenters. The Hall–Kier alpha value is -1.17. The molecule has 2 rings (SSSR count). The number of hydrogen-bond acceptors (Lipinski definition) is 4. The van der Waals surface area contributed by atoms with Gasteiger partial charge in [0.05, 0.1) is 25.3 Å². The molecular formula is C15H25Cl2N3O2. The van der Waals surface area contributed by atoms with Crippen LogP contribution in [0.5, 0.6) is 11.5 Å². The first kappa shape index (κ1) is 20.8. The summed E-state index contributed by atoms with van der Waals surface area (Å²) in [5.74, 6) is 2.47. The first-order valence-corrected chi connectivity index (χ1v) is 7.06. The van der Waals surface area contributed by atoms with Crippen molar-refractivity contribution < 1.29 is 9.47 Å². The number of aryl methyl sites for hydroxylation is 1. The van der Waals surface area contributed by atoms with Crippen LogP contribution in [0.4, 0.5) is 0 Å². The molecular weight excluding hydrogens is 325 g/mol. The van der Waals surface area contributed by atoms with Gasteiger partial charge in [0.2, 0.25) is 0 Å². The quantitative estimate of drug-likeness (QED) is 0.833. The lowest BCUT2D eigenvalue weighted by molar-refractivity contribution is 0.355. The third kappa shape index (κ3) is 4.18. The molecule has 0 fully saturated rings. The minimum absolute atomic E-state index is 0. The fourth-order valence-electron chi connectivity index (χ4n) is 2.39. The van der Waals surface area contributed by atoms with Crippen LogP contribution in [-0.2, 0) is 13.0 Å². The molecule has 2 aromatic rings. The van der Waals surface area contributed by atoms with Gasteiger partial charge in [-0.3, -0.25) is 0 Å². The van der Waals surface area contributed by atoms with Crippen molar-refractivity contribution in [2.45, 2.75) is 32.7 Å². The van der Waals surface area contributed by atoms with Gasteiger partial charge in [-0.25, -0.2) is 4.98 Å². The number of nitrogens with zero attached hydrogens (tertiary/aromatic N) is 2. The summed E-state index contributed by atoms with van der Waals surface area (Å²) in [7, 11) is 3.29. The highest BCUT2D eigenvalue weighted by molar-refractivity contribution is 5.85. The molecule has 1 heterocycles. The Morgan fingerprint density at radius 1 is 1.14 bits per heavy atom. The number of unbranched alkanes of at least 4 members (excludes halogenated alkanes) is 1. The SMILES string of the molecule is CCCCn1c(CCN)nc2cc(OC)c(OC)cc21.Cl.Cl. The third-order valence-corrected chi connectivity index (χ3v) is 3.44. The zero-order valence-corrected chi connectivity index (χ0v) is 14.9. The average molecular weight is 350 g/mol. The van der Waals surface area contributed by atoms with Gasteiger partial charge in [0, 0.05) is 25.1 Å². The Morgan fingerprint density at radius 3 is 2.32 bits per heavy atom. The number of halogens is 2. The molecule has 22 heavy (non-hydrogen) atoms. The largest absolute Gasteiger partial charge is 0.493 e. The van der Waals surface area contributed by atoms with E-state index >= 15 is 0 Å². The minimum atomic E-state index is 0. The van der Waals surface area contributed by atoms with Crippen molar-refractivity contribution in [3.63, 3.8) is 0 Å². The van der Waals surface area contributed by atoms with Crippen molar-refractivity contribution in [3.05, 3.63) is 18.0 Å². The van der Waals surface area contributed by atoms with E-state index in [1.54, 1.807) is 14.2 Å². The predicted molar refractivity (Wildman–Crippen MR) is 95.0 cm³/mol. The Kier molecular flexibility index (Phi) is 9.25. The zero-order valence-electron chi connectivity index (χ0n) is 13.3. The highest BCUT2D eigenvalue weighted by atomic mass is 35.5. The lowest BCUT2D eigenvalue weighted by atomic mass is 10.2. The summed E-state index contributed by atoms with van der Waals surface area (Å²) in [6, 6.07) is 3.92. The standard InChI is InChI=1S/C15H23N3O2.2ClH/c1-4-5-8-18-12-10-14(20-3)13(19-2)9-11(12)17-15(18)6-7-16;;/h9-10H,4-8,16H2,1-3H3;2*1H. The Labute approximate surface area is 144 Å². The summed E-state index contributed by atoms with van der Waals surface area (Å²) in [4.78, 5) is 4.69. The van der Waals surface area contributed by atoms with Gasteiger partial charge in [-0.1, -0.05) is 13.3 Å². The molecule has 126 valence electrons. The van der Waals surface area contributed by atoms with E-state index in [0.717, 1.165) is 48.4 Å². The molecule has 0 amide bonds. The maximum atomic E-state index is 5.69. The molecule has 0 aliphatic carbocycles. The summed E-state index contributed by atoms with van der Waals surface area (Å²) in [5.41, 5.74) is 7.70. The zero-order chi connectivity index (χ0) is 14.5. The van der Waals surface area contributed by atoms with Crippen molar-refractivity contribution >= 4 is 35.8 Å². The van der Waals surface area contributed by atoms with Crippen LogP contribution in [0.25, 0.3) is 11.0 Å². The maximum absolute atomic E-state index is 5.69. The van der Waals surface area contributed by atoms with Crippen molar-refractivity contribution in [1.82, 2.24) is 9.55 Å². The van der Waals surface area contributed by atoms with E-state index in [2.05, 4.69) is 16.5 Å². The van der Waals surface area contributed by atoms with Crippen LogP contribution >= 0.6 is 24.8 Å². The molecule has 0 saturated carbocycles. The van der Waals surface area contributed by atoms with Crippen LogP contribution in [0.3, 0.4) is 0 Å². The van der Waals surface area contributed by atoms with Gasteiger partial charge in [-0.2, -0.15) is 0 Å². The van der Waals surface area contributed by atoms with Crippen LogP contribution in [0.1, 0.15) is 25.6 Å². The highest BCUT2D eigenvalue weighted by Gasteiger charge is 2.14. The summed E-state index contributed by atoms with van der Waals surface area (Å²) >= 11 is 0. The summed E-state index contributed by atoms with van der Waals surface area (Å²) in [6.07, 6.45) is 3.05. The van der Waals surface area contributed by atoms with E-state index in [1.807, 2.05) is 12.1 Å². The molecule has 0 radical (unpaired) electrons. The molecule has 2 N–H and O–H groups in total. The van der Waals surface area contributed by atoms with E-state index < -0.39 is 0 Å². The molecule has 0 bridgehead atoms. The Balaban J connectivity index is 0.00000220. The fraction of sp³-hybridized carbons (Fsp3) is 0.533. The van der Waals surface area contributed by atoms with Gasteiger partial charge >= 0.3 is 0 Å². The normalized spacial score (nSPS) is 10.0. The fourth-order valence-corrected chi connectivity index (χ4v) is 2.39. The number of ether oxygens (including phenoxy) is 2. The van der Waals surface area contributed by atoms with E-state index in [0.29, 0.717) is 12.3 Å². The second-order valence-electron chi connectivity index (χ2n) is 4.77. The van der Waals surface area contributed by atoms with E-state index in [4.69, 9.17) is 15.2 Å². The molecule has 5 nitrogen and oxygen atoms in total. The number of hydrogen-bond donors (Lipinski definition) is 1. The molecule has 0 saturated heterocycles. The second kappa shape index (κ2) is 9.77. The minimum Gasteiger partial charge on any atom is -0.493 e. The molecule has 7 heteroatoms. The van der Waals surface area contributed by atoms with Gasteiger partial charge in [0.25, 0.3) is 0 Å². The first-order valence-electron chi connectivity index (χ1n) is 7.06. The molecule has 0 aliphatic rings. The second-order valence-corrected chi connectivity index (χ2v) is 4.77. The number of rotatable bonds is 7. The van der Waals surface area contributed by atoms with Gasteiger partial charge in [-0.05, 0) is 13.0 Å². The van der Waals surface area contributed by atoms with Crippen LogP contribution in [0.15, 0.2) is 12.1 Å². The summed E-state index contributed by atoms with van der Waals surface area (Å²) in [5, 5.41) is 0. The number of fused-ring (bicyclic) bond motifs is 1. The van der Waals surface area contributed by atoms with E-state index in [1.165, 1.54) is 0 Å². The number of aromatic nitrogens is 2. The van der Waals surface area contributed by atoms with Crippen LogP contribution < -0.4 is 15.2 Å². The third-order valence-electron chi connectivity index (χ3n) is 3.44. The number of imidazole rings is 1. The van der Waals surface area contributed by atoms with Crippen molar-refractivity contribution in [1.29, 1.82) is 0 Å². The smallest absolute Gasteiger partial charge is 0.163 e. The number of nitrogens with two attached hydrogens (primary N) is 1. The van der Waals surface area contributed by atoms with Gasteiger partial charge in [0.1, 0.15) is 5.82 Å². The highest BCUT2D eigenvalue weighted by Crippen LogP contribution is 2.32. The summed E-state index contributed by atoms with van der Waals surface area (Å²) < 4.78 is 13.0. The van der Waals surface area contributed by atoms with Gasteiger partial charge in [-0.15, -0.1) is 24.8 Å². The van der Waals surface area contributed by atoms with Gasteiger partial charge in [0.15, 0.2) is 11.5 Å². The topological polar surface area (TPSA) is 62.3 Å². The number of benzene rings is 1. The first-order chi connectivity index (χ1) is 9.74. The number of methoxy groups -OCH3 is 2. The van der Waals surface area contributed by atoms with Gasteiger partial charge < -0.3 is 19.8 Å². The van der Waals surface area contributed by atoms with Crippen molar-refractivity contribution in [2.24, 2.45) is 5.73 Å². The van der Waals surface area contributed by atoms with Crippen molar-refractivity contribution in [2.75, 3.05) is 20.8 Å². The van der Waals surface area contributed by atoms with E-state index in [9.17, 15) is 0 Å². The molecule has 0 spiro atoms. The molecule has 0 aliphatic heterocycles. The van der Waals surface area contributed by atoms with Crippen molar-refractivity contribution in [3.8, 4) is 11.5 Å². The van der Waals surface area contributed by atoms with Crippen LogP contribution in [-0.4, -0.2) is 30.3 Å². The van der Waals surface area contributed by atoms with Crippen LogP contribution in [0.2, 0.25) is 0 Å². The molecule has 1 aromatic carbocycles. The lowest BCUT2D eigenvalue weighted by Gasteiger charge is -2.10.